The van der Waals surface area contributed by atoms with Crippen molar-refractivity contribution in [3.05, 3.63) is 22.5 Å². The van der Waals surface area contributed by atoms with Crippen molar-refractivity contribution in [2.24, 2.45) is 10.3 Å². The molecule has 2 rings (SSSR count). The van der Waals surface area contributed by atoms with Gasteiger partial charge in [-0.3, -0.25) is 0 Å². The molecule has 1 aromatic heterocycles. The molecule has 2 unspecified atom stereocenters. The molecule has 0 aliphatic heterocycles. The van der Waals surface area contributed by atoms with Crippen LogP contribution >= 0.6 is 11.3 Å². The molecule has 0 saturated heterocycles. The van der Waals surface area contributed by atoms with Gasteiger partial charge in [0.05, 0.1) is 6.20 Å². The molecule has 0 aromatic carbocycles. The molecule has 11 heteroatoms. The van der Waals surface area contributed by atoms with Gasteiger partial charge in [0.25, 0.3) is 0 Å². The molecule has 3 amide bonds. The molecular formula is C21H34N4O5S2. The summed E-state index contributed by atoms with van der Waals surface area (Å²) in [5.74, 6) is 0.417. The maximum Gasteiger partial charge on any atom is 0.420 e. The third-order valence-corrected chi connectivity index (χ3v) is 8.27. The van der Waals surface area contributed by atoms with Crippen LogP contribution in [0.25, 0.3) is 0 Å². The summed E-state index contributed by atoms with van der Waals surface area (Å²) in [5, 5.41) is 13.3. The first-order chi connectivity index (χ1) is 14.6. The van der Waals surface area contributed by atoms with Gasteiger partial charge in [0.2, 0.25) is 0 Å². The minimum Gasteiger partial charge on any atom is -0.443 e. The molecule has 1 aromatic rings. The van der Waals surface area contributed by atoms with Crippen LogP contribution in [0.3, 0.4) is 0 Å². The van der Waals surface area contributed by atoms with Crippen LogP contribution in [0.15, 0.2) is 26.0 Å². The Bertz CT molecular complexity index is 1010. The van der Waals surface area contributed by atoms with Gasteiger partial charge in [0, 0.05) is 5.70 Å². The van der Waals surface area contributed by atoms with Crippen molar-refractivity contribution in [2.75, 3.05) is 0 Å². The van der Waals surface area contributed by atoms with Crippen molar-refractivity contribution >= 4 is 33.4 Å². The highest BCUT2D eigenvalue weighted by molar-refractivity contribution is 7.94. The Labute approximate surface area is 194 Å². The zero-order valence-corrected chi connectivity index (χ0v) is 21.4. The number of rotatable bonds is 5. The molecule has 1 heterocycles. The zero-order chi connectivity index (χ0) is 24.3. The minimum absolute atomic E-state index is 0.0392. The van der Waals surface area contributed by atoms with Crippen molar-refractivity contribution in [1.82, 2.24) is 15.0 Å². The second-order valence-corrected chi connectivity index (χ2v) is 12.6. The second kappa shape index (κ2) is 9.88. The van der Waals surface area contributed by atoms with Gasteiger partial charge in [0.1, 0.15) is 20.4 Å². The van der Waals surface area contributed by atoms with Gasteiger partial charge < -0.3 is 15.2 Å². The predicted octanol–water partition coefficient (Wildman–Crippen LogP) is 4.83. The normalized spacial score (nSPS) is 19.2. The number of aromatic nitrogens is 1. The van der Waals surface area contributed by atoms with E-state index in [9.17, 15) is 18.9 Å². The third-order valence-electron chi connectivity index (χ3n) is 4.72. The Balaban J connectivity index is 2.43. The zero-order valence-electron chi connectivity index (χ0n) is 19.8. The summed E-state index contributed by atoms with van der Waals surface area (Å²) in [6.07, 6.45) is 3.72. The molecule has 0 radical (unpaired) electrons. The minimum atomic E-state index is -3.76. The number of nitrogens with one attached hydrogen (secondary N) is 2. The Hall–Kier alpha value is -1.98. The molecule has 0 fully saturated rings. The van der Waals surface area contributed by atoms with Gasteiger partial charge in [-0.1, -0.05) is 19.4 Å². The highest BCUT2D eigenvalue weighted by Gasteiger charge is 2.28. The van der Waals surface area contributed by atoms with Crippen LogP contribution in [0.2, 0.25) is 0 Å². The number of nitrogens with zero attached hydrogens (tertiary/aromatic N) is 2. The molecule has 32 heavy (non-hydrogen) atoms. The number of ether oxygens (including phenoxy) is 1. The van der Waals surface area contributed by atoms with E-state index in [1.165, 1.54) is 20.0 Å². The molecule has 0 saturated carbocycles. The highest BCUT2D eigenvalue weighted by atomic mass is 32.2. The lowest BCUT2D eigenvalue weighted by Crippen LogP contribution is -2.37. The first-order valence-corrected chi connectivity index (χ1v) is 12.9. The third kappa shape index (κ3) is 7.28. The molecule has 3 N–H and O–H groups in total. The molecule has 1 aliphatic rings. The summed E-state index contributed by atoms with van der Waals surface area (Å²) in [7, 11) is -3.76. The lowest BCUT2D eigenvalue weighted by atomic mass is 9.87. The van der Waals surface area contributed by atoms with E-state index in [-0.39, 0.29) is 9.22 Å². The SMILES string of the molecule is CCC1=C(NC(=O)N=S(=O)(NC(=O)OC(C)(C)C)c2cnc(C(C)(C)O)s2)CC(C)CC1. The predicted molar refractivity (Wildman–Crippen MR) is 124 cm³/mol. The Morgan fingerprint density at radius 1 is 1.34 bits per heavy atom. The summed E-state index contributed by atoms with van der Waals surface area (Å²) in [6, 6.07) is -0.820. The average molecular weight is 487 g/mol. The fourth-order valence-corrected chi connectivity index (χ4v) is 5.72. The fourth-order valence-electron chi connectivity index (χ4n) is 3.16. The maximum absolute atomic E-state index is 13.7. The fraction of sp³-hybridized carbons (Fsp3) is 0.667. The van der Waals surface area contributed by atoms with Crippen LogP contribution in [0.1, 0.15) is 79.2 Å². The first-order valence-electron chi connectivity index (χ1n) is 10.6. The number of carbonyl (C=O) groups is 2. The monoisotopic (exact) mass is 486 g/mol. The van der Waals surface area contributed by atoms with Crippen LogP contribution in [0.4, 0.5) is 9.59 Å². The van der Waals surface area contributed by atoms with Crippen LogP contribution < -0.4 is 10.0 Å². The number of carbonyl (C=O) groups excluding carboxylic acids is 2. The first kappa shape index (κ1) is 26.3. The number of urea groups is 1. The van der Waals surface area contributed by atoms with Gasteiger partial charge in [-0.2, -0.15) is 0 Å². The van der Waals surface area contributed by atoms with E-state index in [1.54, 1.807) is 20.8 Å². The second-order valence-electron chi connectivity index (χ2n) is 9.48. The maximum atomic E-state index is 13.7. The van der Waals surface area contributed by atoms with Crippen molar-refractivity contribution in [3.63, 3.8) is 0 Å². The highest BCUT2D eigenvalue weighted by Crippen LogP contribution is 2.30. The largest absolute Gasteiger partial charge is 0.443 e. The van der Waals surface area contributed by atoms with E-state index in [4.69, 9.17) is 4.74 Å². The molecule has 1 aliphatic carbocycles. The summed E-state index contributed by atoms with van der Waals surface area (Å²) >= 11 is 0.908. The van der Waals surface area contributed by atoms with Gasteiger partial charge in [-0.05, 0) is 66.2 Å². The standard InChI is InChI=1S/C21H34N4O5S2/c1-8-14-10-9-13(2)11-15(14)23-18(26)24-32(29,25-19(27)30-20(3,4)5)16-12-22-17(31-16)21(6,7)28/h12-13,28H,8-11H2,1-7H3,(H2,23,24,25,26,27,29). The number of hydrogen-bond acceptors (Lipinski definition) is 7. The number of thiazole rings is 1. The van der Waals surface area contributed by atoms with E-state index in [1.807, 2.05) is 6.92 Å². The molecular weight excluding hydrogens is 452 g/mol. The number of allylic oxidation sites excluding steroid dienone is 2. The number of hydrogen-bond donors (Lipinski definition) is 3. The van der Waals surface area contributed by atoms with Crippen molar-refractivity contribution in [3.8, 4) is 0 Å². The Kier molecular flexibility index (Phi) is 8.11. The lowest BCUT2D eigenvalue weighted by molar-refractivity contribution is 0.0571. The summed E-state index contributed by atoms with van der Waals surface area (Å²) in [4.78, 5) is 29.3. The smallest absolute Gasteiger partial charge is 0.420 e. The lowest BCUT2D eigenvalue weighted by Gasteiger charge is -2.24. The van der Waals surface area contributed by atoms with Gasteiger partial charge in [-0.15, -0.1) is 15.7 Å². The van der Waals surface area contributed by atoms with Gasteiger partial charge >= 0.3 is 12.1 Å². The molecule has 0 bridgehead atoms. The topological polar surface area (TPSA) is 130 Å². The van der Waals surface area contributed by atoms with Crippen molar-refractivity contribution in [2.45, 2.75) is 89.6 Å². The van der Waals surface area contributed by atoms with Crippen molar-refractivity contribution in [1.29, 1.82) is 0 Å². The number of amides is 3. The van der Waals surface area contributed by atoms with Crippen LogP contribution in [0.5, 0.6) is 0 Å². The summed E-state index contributed by atoms with van der Waals surface area (Å²) < 4.78 is 25.1. The van der Waals surface area contributed by atoms with Crippen molar-refractivity contribution < 1.29 is 23.6 Å². The van der Waals surface area contributed by atoms with Crippen LogP contribution in [-0.2, 0) is 20.3 Å². The van der Waals surface area contributed by atoms with Gasteiger partial charge in [0.15, 0.2) is 9.92 Å². The molecule has 2 atom stereocenters. The molecule has 0 spiro atoms. The van der Waals surface area contributed by atoms with Gasteiger partial charge in [-0.25, -0.2) is 23.5 Å². The number of aliphatic hydroxyl groups is 1. The van der Waals surface area contributed by atoms with Crippen LogP contribution in [0, 0.1) is 5.92 Å². The van der Waals surface area contributed by atoms with E-state index in [0.717, 1.165) is 41.9 Å². The summed E-state index contributed by atoms with van der Waals surface area (Å²) in [5.41, 5.74) is -0.185. The Morgan fingerprint density at radius 2 is 2.00 bits per heavy atom. The average Bonchev–Trinajstić information content (AvgIpc) is 3.11. The van der Waals surface area contributed by atoms with E-state index >= 15 is 0 Å². The quantitative estimate of drug-likeness (QED) is 0.546. The van der Waals surface area contributed by atoms with E-state index < -0.39 is 33.2 Å². The van der Waals surface area contributed by atoms with Crippen LogP contribution in [-0.4, -0.2) is 32.0 Å². The molecule has 180 valence electrons. The Morgan fingerprint density at radius 3 is 2.53 bits per heavy atom. The summed E-state index contributed by atoms with van der Waals surface area (Å²) in [6.45, 7) is 12.2. The van der Waals surface area contributed by atoms with E-state index in [2.05, 4.69) is 26.3 Å². The molecule has 9 nitrogen and oxygen atoms in total. The van der Waals surface area contributed by atoms with E-state index in [0.29, 0.717) is 12.3 Å².